The Bertz CT molecular complexity index is 1440. The summed E-state index contributed by atoms with van der Waals surface area (Å²) >= 11 is 0. The number of carboxylic acids is 1. The predicted octanol–water partition coefficient (Wildman–Crippen LogP) is 6.77. The number of anilines is 1. The topological polar surface area (TPSA) is 114 Å². The molecule has 0 bridgehead atoms. The van der Waals surface area contributed by atoms with E-state index >= 15 is 4.39 Å². The third-order valence-electron chi connectivity index (χ3n) is 7.94. The zero-order valence-corrected chi connectivity index (χ0v) is 28.3. The molecule has 0 saturated heterocycles. The van der Waals surface area contributed by atoms with Crippen LogP contribution in [0.15, 0.2) is 36.4 Å². The van der Waals surface area contributed by atoms with Crippen molar-refractivity contribution in [2.24, 2.45) is 0 Å². The lowest BCUT2D eigenvalue weighted by Gasteiger charge is -2.43. The molecule has 2 amide bonds. The summed E-state index contributed by atoms with van der Waals surface area (Å²) in [6.45, 7) is 13.4. The van der Waals surface area contributed by atoms with Crippen molar-refractivity contribution < 1.29 is 51.0 Å². The fraction of sp³-hybridized carbons (Fsp3) is 0.531. The van der Waals surface area contributed by atoms with Gasteiger partial charge < -0.3 is 24.3 Å². The van der Waals surface area contributed by atoms with E-state index in [1.165, 1.54) is 6.07 Å². The normalized spacial score (nSPS) is 17.1. The maximum absolute atomic E-state index is 16.6. The molecule has 0 spiro atoms. The summed E-state index contributed by atoms with van der Waals surface area (Å²) < 4.78 is 75.7. The van der Waals surface area contributed by atoms with E-state index in [0.717, 1.165) is 0 Å². The number of alkyl halides is 3. The van der Waals surface area contributed by atoms with Crippen LogP contribution in [0.3, 0.4) is 0 Å². The van der Waals surface area contributed by atoms with Gasteiger partial charge in [-0.2, -0.15) is 13.2 Å². The minimum atomic E-state index is -5.52. The first-order valence-electron chi connectivity index (χ1n) is 14.8. The third kappa shape index (κ3) is 9.21. The molecule has 0 aliphatic heterocycles. The number of carboxylic acid groups (broad SMARTS) is 1. The lowest BCUT2D eigenvalue weighted by Crippen LogP contribution is -2.55. The van der Waals surface area contributed by atoms with E-state index in [0.29, 0.717) is 11.1 Å². The van der Waals surface area contributed by atoms with Crippen LogP contribution in [-0.4, -0.2) is 61.9 Å². The summed E-state index contributed by atoms with van der Waals surface area (Å²) in [5.74, 6) is -6.07. The number of hydrogen-bond acceptors (Lipinski definition) is 6. The molecular weight excluding hydrogens is 628 g/mol. The summed E-state index contributed by atoms with van der Waals surface area (Å²) in [4.78, 5) is 36.9. The number of benzene rings is 2. The second-order valence-corrected chi connectivity index (χ2v) is 18.6. The highest BCUT2D eigenvalue weighted by Gasteiger charge is 2.47. The molecule has 1 aliphatic rings. The Morgan fingerprint density at radius 2 is 1.63 bits per heavy atom. The van der Waals surface area contributed by atoms with Gasteiger partial charge in [-0.25, -0.2) is 9.18 Å². The SMILES string of the molecule is CC(C)(C)OC(=O)N[C@H]1Cc2c(cc(OCc3ccccc3)c(N(CC(=O)O)C(=O)C(F)(F)F)c2F)C[C@@H]1O[Si](C)(C)C(C)(C)C. The van der Waals surface area contributed by atoms with Crippen molar-refractivity contribution in [3.05, 3.63) is 58.9 Å². The van der Waals surface area contributed by atoms with Crippen molar-refractivity contribution in [1.82, 2.24) is 5.32 Å². The molecule has 2 aromatic carbocycles. The second kappa shape index (κ2) is 13.6. The third-order valence-corrected chi connectivity index (χ3v) is 12.4. The molecule has 0 unspecified atom stereocenters. The van der Waals surface area contributed by atoms with E-state index in [2.05, 4.69) is 5.32 Å². The number of carbonyl (C=O) groups is 3. The number of halogens is 4. The van der Waals surface area contributed by atoms with Crippen molar-refractivity contribution in [3.63, 3.8) is 0 Å². The van der Waals surface area contributed by atoms with Crippen LogP contribution in [0.1, 0.15) is 58.2 Å². The van der Waals surface area contributed by atoms with Crippen LogP contribution >= 0.6 is 0 Å². The molecule has 0 heterocycles. The van der Waals surface area contributed by atoms with Gasteiger partial charge in [0.05, 0.1) is 12.1 Å². The number of nitrogens with zero attached hydrogens (tertiary/aromatic N) is 1. The number of alkyl carbamates (subject to hydrolysis) is 1. The van der Waals surface area contributed by atoms with Crippen molar-refractivity contribution >= 4 is 32.0 Å². The number of hydrogen-bond donors (Lipinski definition) is 2. The number of aliphatic carboxylic acids is 1. The van der Waals surface area contributed by atoms with Crippen LogP contribution in [0.25, 0.3) is 0 Å². The molecule has 0 saturated carbocycles. The Kier molecular flexibility index (Phi) is 10.9. The molecule has 9 nitrogen and oxygen atoms in total. The molecule has 0 aromatic heterocycles. The van der Waals surface area contributed by atoms with Gasteiger partial charge in [0.1, 0.15) is 30.2 Å². The molecule has 3 rings (SSSR count). The lowest BCUT2D eigenvalue weighted by molar-refractivity contribution is -0.171. The smallest absolute Gasteiger partial charge is 0.471 e. The Hall–Kier alpha value is -3.65. The van der Waals surface area contributed by atoms with Crippen LogP contribution in [0.5, 0.6) is 5.75 Å². The quantitative estimate of drug-likeness (QED) is 0.224. The van der Waals surface area contributed by atoms with Crippen LogP contribution in [0.2, 0.25) is 18.1 Å². The summed E-state index contributed by atoms with van der Waals surface area (Å²) in [7, 11) is -2.48. The van der Waals surface area contributed by atoms with Gasteiger partial charge in [-0.05, 0) is 74.5 Å². The minimum absolute atomic E-state index is 0.0351. The van der Waals surface area contributed by atoms with E-state index in [1.54, 1.807) is 51.1 Å². The van der Waals surface area contributed by atoms with Crippen LogP contribution < -0.4 is 15.0 Å². The first-order valence-corrected chi connectivity index (χ1v) is 17.7. The summed E-state index contributed by atoms with van der Waals surface area (Å²) in [5, 5.41) is 11.9. The maximum Gasteiger partial charge on any atom is 0.471 e. The van der Waals surface area contributed by atoms with Gasteiger partial charge >= 0.3 is 24.1 Å². The van der Waals surface area contributed by atoms with E-state index in [4.69, 9.17) is 13.9 Å². The molecule has 46 heavy (non-hydrogen) atoms. The summed E-state index contributed by atoms with van der Waals surface area (Å²) in [5.41, 5.74) is -1.00. The Morgan fingerprint density at radius 3 is 2.15 bits per heavy atom. The minimum Gasteiger partial charge on any atom is -0.487 e. The molecule has 2 atom stereocenters. The van der Waals surface area contributed by atoms with Crippen LogP contribution in [0.4, 0.5) is 28.0 Å². The molecule has 2 aromatic rings. The van der Waals surface area contributed by atoms with Crippen molar-refractivity contribution in [2.75, 3.05) is 11.4 Å². The molecule has 1 aliphatic carbocycles. The molecule has 254 valence electrons. The van der Waals surface area contributed by atoms with Crippen LogP contribution in [-0.2, 0) is 38.2 Å². The van der Waals surface area contributed by atoms with E-state index < -0.39 is 74.0 Å². The first kappa shape index (κ1) is 36.8. The monoisotopic (exact) mass is 670 g/mol. The molecule has 0 fully saturated rings. The zero-order chi connectivity index (χ0) is 34.8. The number of nitrogens with one attached hydrogen (secondary N) is 1. The highest BCUT2D eigenvalue weighted by Crippen LogP contribution is 2.43. The van der Waals surface area contributed by atoms with Gasteiger partial charge in [-0.1, -0.05) is 51.1 Å². The largest absolute Gasteiger partial charge is 0.487 e. The average molecular weight is 671 g/mol. The van der Waals surface area contributed by atoms with E-state index in [9.17, 15) is 32.7 Å². The standard InChI is InChI=1S/C32H42F4N2O7Si/c1-30(2,3)44-29(42)37-22-16-21-20(14-23(22)45-46(7,8)31(4,5)6)15-24(43-18-19-12-10-9-11-13-19)27(26(21)33)38(17-25(39)40)28(41)32(34,35)36/h9-13,15,22-23H,14,16-18H2,1-8H3,(H,37,42)(H,39,40)/t22-,23-/m0/s1. The molecule has 2 N–H and O–H groups in total. The van der Waals surface area contributed by atoms with Gasteiger partial charge in [0.2, 0.25) is 0 Å². The highest BCUT2D eigenvalue weighted by atomic mass is 28.4. The zero-order valence-electron chi connectivity index (χ0n) is 27.3. The molecule has 0 radical (unpaired) electrons. The van der Waals surface area contributed by atoms with E-state index in [-0.39, 0.29) is 35.0 Å². The second-order valence-electron chi connectivity index (χ2n) is 13.8. The molecular formula is C32H42F4N2O7Si. The van der Waals surface area contributed by atoms with Gasteiger partial charge in [0, 0.05) is 0 Å². The average Bonchev–Trinajstić information content (AvgIpc) is 2.89. The number of amides is 2. The number of carbonyl (C=O) groups excluding carboxylic acids is 2. The number of ether oxygens (including phenoxy) is 2. The fourth-order valence-electron chi connectivity index (χ4n) is 4.74. The van der Waals surface area contributed by atoms with Crippen molar-refractivity contribution in [1.29, 1.82) is 0 Å². The Labute approximate surface area is 267 Å². The maximum atomic E-state index is 16.6. The van der Waals surface area contributed by atoms with Crippen LogP contribution in [0, 0.1) is 5.82 Å². The lowest BCUT2D eigenvalue weighted by atomic mass is 9.85. The summed E-state index contributed by atoms with van der Waals surface area (Å²) in [6.07, 6.45) is -7.20. The molecule has 14 heteroatoms. The Morgan fingerprint density at radius 1 is 1.02 bits per heavy atom. The van der Waals surface area contributed by atoms with Gasteiger partial charge in [0.15, 0.2) is 14.1 Å². The number of rotatable bonds is 9. The number of fused-ring (bicyclic) bond motifs is 1. The van der Waals surface area contributed by atoms with Crippen molar-refractivity contribution in [2.45, 2.75) is 103 Å². The first-order chi connectivity index (χ1) is 21.0. The van der Waals surface area contributed by atoms with Gasteiger partial charge in [-0.15, -0.1) is 0 Å². The Balaban J connectivity index is 2.20. The fourth-order valence-corrected chi connectivity index (χ4v) is 6.10. The van der Waals surface area contributed by atoms with Gasteiger partial charge in [-0.3, -0.25) is 14.5 Å². The summed E-state index contributed by atoms with van der Waals surface area (Å²) in [6, 6.07) is 8.96. The van der Waals surface area contributed by atoms with Gasteiger partial charge in [0.25, 0.3) is 0 Å². The predicted molar refractivity (Wildman–Crippen MR) is 166 cm³/mol. The van der Waals surface area contributed by atoms with E-state index in [1.807, 2.05) is 33.9 Å². The van der Waals surface area contributed by atoms with Crippen molar-refractivity contribution in [3.8, 4) is 5.75 Å². The highest BCUT2D eigenvalue weighted by molar-refractivity contribution is 6.74.